The van der Waals surface area contributed by atoms with Gasteiger partial charge in [0.25, 0.3) is 0 Å². The van der Waals surface area contributed by atoms with Gasteiger partial charge in [-0.2, -0.15) is 9.61 Å². The van der Waals surface area contributed by atoms with Gasteiger partial charge in [-0.15, -0.1) is 0 Å². The Morgan fingerprint density at radius 2 is 2.00 bits per heavy atom. The van der Waals surface area contributed by atoms with Gasteiger partial charge in [0.1, 0.15) is 5.82 Å². The first-order chi connectivity index (χ1) is 11.7. The number of rotatable bonds is 3. The van der Waals surface area contributed by atoms with E-state index in [-0.39, 0.29) is 11.9 Å². The number of hydrogen-bond donors (Lipinski definition) is 1. The van der Waals surface area contributed by atoms with Crippen LogP contribution in [0.4, 0.5) is 5.82 Å². The third-order valence-electron chi connectivity index (χ3n) is 4.63. The maximum absolute atomic E-state index is 12.7. The monoisotopic (exact) mass is 321 g/mol. The fraction of sp³-hybridized carbons (Fsp3) is 0.278. The van der Waals surface area contributed by atoms with Gasteiger partial charge in [-0.05, 0) is 30.5 Å². The Bertz CT molecular complexity index is 888. The number of anilines is 1. The summed E-state index contributed by atoms with van der Waals surface area (Å²) in [6.07, 6.45) is 4.32. The molecule has 3 heterocycles. The van der Waals surface area contributed by atoms with E-state index in [1.165, 1.54) is 11.1 Å². The van der Waals surface area contributed by atoms with Crippen molar-refractivity contribution in [1.82, 2.24) is 19.5 Å². The third-order valence-corrected chi connectivity index (χ3v) is 4.63. The molecule has 1 aliphatic rings. The molecule has 1 atom stereocenters. The normalized spacial score (nSPS) is 15.9. The Kier molecular flexibility index (Phi) is 3.74. The van der Waals surface area contributed by atoms with Gasteiger partial charge in [-0.1, -0.05) is 24.3 Å². The summed E-state index contributed by atoms with van der Waals surface area (Å²) in [5, 5.41) is 7.17. The van der Waals surface area contributed by atoms with Gasteiger partial charge >= 0.3 is 0 Å². The summed E-state index contributed by atoms with van der Waals surface area (Å²) < 4.78 is 1.64. The molecule has 4 rings (SSSR count). The first-order valence-corrected chi connectivity index (χ1v) is 8.13. The minimum Gasteiger partial charge on any atom is -0.309 e. The summed E-state index contributed by atoms with van der Waals surface area (Å²) in [5.74, 6) is 0.608. The Hall–Kier alpha value is -2.73. The molecule has 0 radical (unpaired) electrons. The lowest BCUT2D eigenvalue weighted by molar-refractivity contribution is -0.121. The van der Waals surface area contributed by atoms with E-state index in [1.807, 2.05) is 6.92 Å². The van der Waals surface area contributed by atoms with E-state index < -0.39 is 0 Å². The molecule has 1 N–H and O–H groups in total. The van der Waals surface area contributed by atoms with Crippen LogP contribution in [0.5, 0.6) is 0 Å². The van der Waals surface area contributed by atoms with Gasteiger partial charge in [0.2, 0.25) is 5.91 Å². The van der Waals surface area contributed by atoms with Crippen LogP contribution in [0.15, 0.2) is 48.8 Å². The number of hydrogen-bond acceptors (Lipinski definition) is 4. The zero-order valence-corrected chi connectivity index (χ0v) is 13.5. The van der Waals surface area contributed by atoms with Gasteiger partial charge < -0.3 is 5.32 Å². The zero-order valence-electron chi connectivity index (χ0n) is 13.5. The number of fused-ring (bicyclic) bond motifs is 2. The van der Waals surface area contributed by atoms with E-state index in [1.54, 1.807) is 29.0 Å². The minimum atomic E-state index is -0.211. The molecule has 0 saturated heterocycles. The molecule has 1 aliphatic heterocycles. The van der Waals surface area contributed by atoms with Crippen molar-refractivity contribution in [2.24, 2.45) is 0 Å². The van der Waals surface area contributed by atoms with E-state index in [4.69, 9.17) is 0 Å². The first-order valence-electron chi connectivity index (χ1n) is 8.13. The van der Waals surface area contributed by atoms with Crippen molar-refractivity contribution in [3.63, 3.8) is 0 Å². The molecule has 2 aromatic heterocycles. The Morgan fingerprint density at radius 1 is 1.17 bits per heavy atom. The molecule has 0 saturated carbocycles. The summed E-state index contributed by atoms with van der Waals surface area (Å²) >= 11 is 0. The molecule has 0 bridgehead atoms. The summed E-state index contributed by atoms with van der Waals surface area (Å²) in [6.45, 7) is 3.64. The molecule has 24 heavy (non-hydrogen) atoms. The average molecular weight is 321 g/mol. The smallest absolute Gasteiger partial charge is 0.242 e. The van der Waals surface area contributed by atoms with Crippen molar-refractivity contribution in [1.29, 1.82) is 0 Å². The fourth-order valence-corrected chi connectivity index (χ4v) is 3.17. The predicted octanol–water partition coefficient (Wildman–Crippen LogP) is 2.11. The maximum atomic E-state index is 12.7. The van der Waals surface area contributed by atoms with Crippen LogP contribution in [-0.2, 0) is 17.8 Å². The number of carbonyl (C=O) groups is 1. The topological polar surface area (TPSA) is 62.5 Å². The van der Waals surface area contributed by atoms with Crippen molar-refractivity contribution >= 4 is 17.4 Å². The standard InChI is InChI=1S/C18H19N5O/c1-13(22-11-8-14-4-2-3-5-15(14)12-22)18(24)21-17-6-9-19-16-7-10-20-23(16)17/h2-7,9-10,13H,8,11-12H2,1H3,(H,21,24)/t13-/m0/s1. The zero-order chi connectivity index (χ0) is 16.5. The van der Waals surface area contributed by atoms with Crippen molar-refractivity contribution in [3.8, 4) is 0 Å². The molecule has 6 nitrogen and oxygen atoms in total. The molecular formula is C18H19N5O. The van der Waals surface area contributed by atoms with E-state index >= 15 is 0 Å². The van der Waals surface area contributed by atoms with Gasteiger partial charge in [0, 0.05) is 25.4 Å². The van der Waals surface area contributed by atoms with Crippen LogP contribution in [0.3, 0.4) is 0 Å². The molecule has 0 fully saturated rings. The lowest BCUT2D eigenvalue weighted by Crippen LogP contribution is -2.44. The van der Waals surface area contributed by atoms with Crippen LogP contribution in [0, 0.1) is 0 Å². The van der Waals surface area contributed by atoms with Crippen LogP contribution < -0.4 is 5.32 Å². The summed E-state index contributed by atoms with van der Waals surface area (Å²) in [7, 11) is 0. The highest BCUT2D eigenvalue weighted by atomic mass is 16.2. The second-order valence-corrected chi connectivity index (χ2v) is 6.09. The van der Waals surface area contributed by atoms with E-state index in [2.05, 4.69) is 44.6 Å². The molecule has 0 aliphatic carbocycles. The number of carbonyl (C=O) groups excluding carboxylic acids is 1. The van der Waals surface area contributed by atoms with Crippen LogP contribution in [0.25, 0.3) is 5.65 Å². The fourth-order valence-electron chi connectivity index (χ4n) is 3.17. The average Bonchev–Trinajstić information content (AvgIpc) is 3.10. The molecular weight excluding hydrogens is 302 g/mol. The van der Waals surface area contributed by atoms with Crippen molar-refractivity contribution in [2.45, 2.75) is 25.9 Å². The minimum absolute atomic E-state index is 0.0302. The highest BCUT2D eigenvalue weighted by Crippen LogP contribution is 2.21. The number of amides is 1. The maximum Gasteiger partial charge on any atom is 0.242 e. The predicted molar refractivity (Wildman–Crippen MR) is 91.6 cm³/mol. The SMILES string of the molecule is C[C@@H](C(=O)Nc1ccnc2ccnn12)N1CCc2ccccc2C1. The molecule has 6 heteroatoms. The van der Waals surface area contributed by atoms with Gasteiger partial charge in [-0.25, -0.2) is 4.98 Å². The second kappa shape index (κ2) is 6.05. The Morgan fingerprint density at radius 3 is 2.88 bits per heavy atom. The lowest BCUT2D eigenvalue weighted by atomic mass is 9.99. The summed E-state index contributed by atoms with van der Waals surface area (Å²) in [6, 6.07) is 11.8. The lowest BCUT2D eigenvalue weighted by Gasteiger charge is -2.32. The molecule has 0 spiro atoms. The summed E-state index contributed by atoms with van der Waals surface area (Å²) in [4.78, 5) is 19.1. The summed E-state index contributed by atoms with van der Waals surface area (Å²) in [5.41, 5.74) is 3.41. The first kappa shape index (κ1) is 14.8. The van der Waals surface area contributed by atoms with Crippen molar-refractivity contribution in [3.05, 3.63) is 59.9 Å². The highest BCUT2D eigenvalue weighted by molar-refractivity contribution is 5.94. The number of nitrogens with one attached hydrogen (secondary N) is 1. The van der Waals surface area contributed by atoms with E-state index in [0.29, 0.717) is 11.5 Å². The molecule has 1 aromatic carbocycles. The largest absolute Gasteiger partial charge is 0.309 e. The Labute approximate surface area is 140 Å². The highest BCUT2D eigenvalue weighted by Gasteiger charge is 2.25. The number of nitrogens with zero attached hydrogens (tertiary/aromatic N) is 4. The van der Waals surface area contributed by atoms with Crippen LogP contribution in [0.1, 0.15) is 18.1 Å². The molecule has 3 aromatic rings. The van der Waals surface area contributed by atoms with Crippen molar-refractivity contribution < 1.29 is 4.79 Å². The van der Waals surface area contributed by atoms with Crippen LogP contribution >= 0.6 is 0 Å². The molecule has 122 valence electrons. The van der Waals surface area contributed by atoms with Gasteiger partial charge in [0.15, 0.2) is 5.65 Å². The molecule has 0 unspecified atom stereocenters. The third kappa shape index (κ3) is 2.65. The van der Waals surface area contributed by atoms with E-state index in [0.717, 1.165) is 19.5 Å². The van der Waals surface area contributed by atoms with Gasteiger partial charge in [-0.3, -0.25) is 9.69 Å². The van der Waals surface area contributed by atoms with Crippen LogP contribution in [-0.4, -0.2) is 38.0 Å². The number of aromatic nitrogens is 3. The van der Waals surface area contributed by atoms with Gasteiger partial charge in [0.05, 0.1) is 12.2 Å². The Balaban J connectivity index is 1.50. The van der Waals surface area contributed by atoms with Crippen molar-refractivity contribution in [2.75, 3.05) is 11.9 Å². The molecule has 1 amide bonds. The second-order valence-electron chi connectivity index (χ2n) is 6.09. The number of benzene rings is 1. The quantitative estimate of drug-likeness (QED) is 0.802. The van der Waals surface area contributed by atoms with Crippen LogP contribution in [0.2, 0.25) is 0 Å². The van der Waals surface area contributed by atoms with E-state index in [9.17, 15) is 4.79 Å².